The van der Waals surface area contributed by atoms with Crippen LogP contribution in [-0.2, 0) is 19.7 Å². The second-order valence-corrected chi connectivity index (χ2v) is 9.33. The van der Waals surface area contributed by atoms with Crippen molar-refractivity contribution in [3.05, 3.63) is 42.5 Å². The Kier molecular flexibility index (Phi) is 5.55. The van der Waals surface area contributed by atoms with Gasteiger partial charge < -0.3 is 10.8 Å². The van der Waals surface area contributed by atoms with Gasteiger partial charge in [0, 0.05) is 11.9 Å². The van der Waals surface area contributed by atoms with Gasteiger partial charge in [-0.25, -0.2) is 16.8 Å². The number of sulfone groups is 2. The summed E-state index contributed by atoms with van der Waals surface area (Å²) in [5, 5.41) is 16.6. The Labute approximate surface area is 145 Å². The van der Waals surface area contributed by atoms with Crippen molar-refractivity contribution in [3.63, 3.8) is 0 Å². The highest BCUT2D eigenvalue weighted by Crippen LogP contribution is 2.29. The first kappa shape index (κ1) is 19.0. The first-order chi connectivity index (χ1) is 11.6. The molecule has 0 atom stereocenters. The van der Waals surface area contributed by atoms with Crippen LogP contribution in [-0.4, -0.2) is 40.6 Å². The monoisotopic (exact) mass is 383 g/mol. The minimum absolute atomic E-state index is 0.00126. The fourth-order valence-electron chi connectivity index (χ4n) is 2.00. The van der Waals surface area contributed by atoms with Gasteiger partial charge in [-0.1, -0.05) is 6.07 Å². The molecule has 2 rings (SSSR count). The van der Waals surface area contributed by atoms with Crippen LogP contribution < -0.4 is 5.73 Å². The van der Waals surface area contributed by atoms with Gasteiger partial charge >= 0.3 is 0 Å². The molecule has 0 aliphatic carbocycles. The summed E-state index contributed by atoms with van der Waals surface area (Å²) in [5.74, 6) is -0.399. The van der Waals surface area contributed by atoms with Gasteiger partial charge in [0.1, 0.15) is 5.69 Å². The van der Waals surface area contributed by atoms with Crippen molar-refractivity contribution in [1.82, 2.24) is 0 Å². The van der Waals surface area contributed by atoms with Gasteiger partial charge in [-0.3, -0.25) is 0 Å². The fraction of sp³-hybridized carbons (Fsp3) is 0.200. The summed E-state index contributed by atoms with van der Waals surface area (Å²) in [7, 11) is -7.17. The van der Waals surface area contributed by atoms with Crippen LogP contribution >= 0.6 is 0 Å². The predicted molar refractivity (Wildman–Crippen MR) is 93.7 cm³/mol. The van der Waals surface area contributed by atoms with Gasteiger partial charge in [-0.2, -0.15) is 5.11 Å². The molecule has 0 heterocycles. The average Bonchev–Trinajstić information content (AvgIpc) is 2.53. The van der Waals surface area contributed by atoms with Gasteiger partial charge in [0.25, 0.3) is 0 Å². The van der Waals surface area contributed by atoms with Gasteiger partial charge in [-0.05, 0) is 36.4 Å². The molecule has 0 amide bonds. The van der Waals surface area contributed by atoms with Crippen LogP contribution in [0.3, 0.4) is 0 Å². The highest BCUT2D eigenvalue weighted by Gasteiger charge is 2.15. The summed E-state index contributed by atoms with van der Waals surface area (Å²) < 4.78 is 47.5. The number of rotatable bonds is 6. The van der Waals surface area contributed by atoms with Crippen LogP contribution in [0.1, 0.15) is 0 Å². The van der Waals surface area contributed by atoms with E-state index in [1.165, 1.54) is 42.5 Å². The molecular weight excluding hydrogens is 366 g/mol. The number of hydrogen-bond acceptors (Lipinski definition) is 8. The molecular formula is C15H17N3O5S2. The van der Waals surface area contributed by atoms with E-state index in [2.05, 4.69) is 10.2 Å². The molecule has 0 saturated heterocycles. The Morgan fingerprint density at radius 2 is 1.76 bits per heavy atom. The van der Waals surface area contributed by atoms with Gasteiger partial charge in [0.2, 0.25) is 0 Å². The predicted octanol–water partition coefficient (Wildman–Crippen LogP) is 1.85. The number of azo groups is 1. The number of nitrogen functional groups attached to an aromatic ring is 1. The molecule has 0 radical (unpaired) electrons. The molecule has 3 N–H and O–H groups in total. The molecule has 25 heavy (non-hydrogen) atoms. The van der Waals surface area contributed by atoms with E-state index in [0.29, 0.717) is 0 Å². The molecule has 2 aromatic carbocycles. The maximum Gasteiger partial charge on any atom is 0.180 e. The molecule has 0 bridgehead atoms. The number of anilines is 1. The number of nitrogens with two attached hydrogens (primary N) is 1. The molecule has 0 fully saturated rings. The van der Waals surface area contributed by atoms with E-state index in [1.807, 2.05) is 0 Å². The van der Waals surface area contributed by atoms with Crippen molar-refractivity contribution in [2.75, 3.05) is 24.3 Å². The third-order valence-electron chi connectivity index (χ3n) is 3.19. The summed E-state index contributed by atoms with van der Waals surface area (Å²) in [6, 6.07) is 9.89. The van der Waals surface area contributed by atoms with E-state index in [-0.39, 0.29) is 26.9 Å². The lowest BCUT2D eigenvalue weighted by Gasteiger charge is -2.05. The highest BCUT2D eigenvalue weighted by atomic mass is 32.2. The van der Waals surface area contributed by atoms with Crippen molar-refractivity contribution < 1.29 is 21.9 Å². The molecule has 0 aliphatic rings. The van der Waals surface area contributed by atoms with Crippen LogP contribution in [0.15, 0.2) is 62.5 Å². The Balaban J connectivity index is 2.42. The Bertz CT molecular complexity index is 1020. The lowest BCUT2D eigenvalue weighted by Crippen LogP contribution is -2.09. The third-order valence-corrected chi connectivity index (χ3v) is 6.01. The Hall–Kier alpha value is -2.30. The highest BCUT2D eigenvalue weighted by molar-refractivity contribution is 7.91. The second kappa shape index (κ2) is 7.30. The van der Waals surface area contributed by atoms with Crippen LogP contribution in [0.25, 0.3) is 0 Å². The smallest absolute Gasteiger partial charge is 0.180 e. The van der Waals surface area contributed by atoms with Crippen LogP contribution in [0, 0.1) is 0 Å². The summed E-state index contributed by atoms with van der Waals surface area (Å²) in [5.41, 5.74) is 6.21. The standard InChI is InChI=1S/C15H17N3O5S2/c1-24(20,21)15-9-11(16)5-6-14(15)18-17-12-3-2-4-13(10-12)25(22,23)8-7-19/h2-6,9-10,19H,7-8,16H2,1H3. The molecule has 0 saturated carbocycles. The second-order valence-electron chi connectivity index (χ2n) is 5.24. The van der Waals surface area contributed by atoms with Crippen molar-refractivity contribution in [3.8, 4) is 0 Å². The molecule has 0 aliphatic heterocycles. The van der Waals surface area contributed by atoms with Crippen molar-refractivity contribution in [2.45, 2.75) is 9.79 Å². The minimum Gasteiger partial charge on any atom is -0.399 e. The SMILES string of the molecule is CS(=O)(=O)c1cc(N)ccc1N=Nc1cccc(S(=O)(=O)CCO)c1. The first-order valence-electron chi connectivity index (χ1n) is 7.08. The summed E-state index contributed by atoms with van der Waals surface area (Å²) in [6.07, 6.45) is 1.03. The van der Waals surface area contributed by atoms with Crippen molar-refractivity contribution in [2.24, 2.45) is 10.2 Å². The van der Waals surface area contributed by atoms with Crippen LogP contribution in [0.4, 0.5) is 17.1 Å². The fourth-order valence-corrected chi connectivity index (χ4v) is 3.90. The van der Waals surface area contributed by atoms with Crippen LogP contribution in [0.2, 0.25) is 0 Å². The molecule has 2 aromatic rings. The van der Waals surface area contributed by atoms with E-state index in [9.17, 15) is 16.8 Å². The zero-order valence-corrected chi connectivity index (χ0v) is 15.0. The number of benzene rings is 2. The lowest BCUT2D eigenvalue weighted by molar-refractivity contribution is 0.319. The van der Waals surface area contributed by atoms with Gasteiger partial charge in [0.15, 0.2) is 19.7 Å². The molecule has 0 unspecified atom stereocenters. The summed E-state index contributed by atoms with van der Waals surface area (Å²) >= 11 is 0. The normalized spacial score (nSPS) is 12.6. The molecule has 0 spiro atoms. The lowest BCUT2D eigenvalue weighted by atomic mass is 10.3. The topological polar surface area (TPSA) is 139 Å². The molecule has 0 aromatic heterocycles. The Morgan fingerprint density at radius 3 is 2.40 bits per heavy atom. The first-order valence-corrected chi connectivity index (χ1v) is 10.6. The summed E-state index contributed by atoms with van der Waals surface area (Å²) in [4.78, 5) is -0.0704. The number of hydrogen-bond donors (Lipinski definition) is 2. The Morgan fingerprint density at radius 1 is 1.04 bits per heavy atom. The van der Waals surface area contributed by atoms with E-state index in [0.717, 1.165) is 6.26 Å². The zero-order valence-electron chi connectivity index (χ0n) is 13.3. The maximum absolute atomic E-state index is 12.0. The van der Waals surface area contributed by atoms with E-state index < -0.39 is 32.0 Å². The number of nitrogens with zero attached hydrogens (tertiary/aromatic N) is 2. The zero-order chi connectivity index (χ0) is 18.7. The minimum atomic E-state index is -3.62. The van der Waals surface area contributed by atoms with E-state index in [4.69, 9.17) is 10.8 Å². The van der Waals surface area contributed by atoms with E-state index in [1.54, 1.807) is 0 Å². The molecule has 8 nitrogen and oxygen atoms in total. The average molecular weight is 383 g/mol. The van der Waals surface area contributed by atoms with Gasteiger partial charge in [0.05, 0.1) is 27.8 Å². The summed E-state index contributed by atoms with van der Waals surface area (Å²) in [6.45, 7) is -0.489. The van der Waals surface area contributed by atoms with E-state index >= 15 is 0 Å². The van der Waals surface area contributed by atoms with Crippen molar-refractivity contribution >= 4 is 36.7 Å². The third kappa shape index (κ3) is 4.84. The van der Waals surface area contributed by atoms with Crippen LogP contribution in [0.5, 0.6) is 0 Å². The number of aliphatic hydroxyl groups is 1. The maximum atomic E-state index is 12.0. The quantitative estimate of drug-likeness (QED) is 0.576. The van der Waals surface area contributed by atoms with Crippen molar-refractivity contribution in [1.29, 1.82) is 0 Å². The molecule has 10 heteroatoms. The largest absolute Gasteiger partial charge is 0.399 e. The molecule has 134 valence electrons. The number of aliphatic hydroxyl groups excluding tert-OH is 1. The van der Waals surface area contributed by atoms with Gasteiger partial charge in [-0.15, -0.1) is 5.11 Å².